The quantitative estimate of drug-likeness (QED) is 0.0290. The fraction of sp³-hybridized carbons (Fsp3) is 0.650. The van der Waals surface area contributed by atoms with Gasteiger partial charge in [-0.3, -0.25) is 67.1 Å². The third-order valence-corrected chi connectivity index (χ3v) is 16.7. The summed E-state index contributed by atoms with van der Waals surface area (Å²) >= 11 is 1.27. The molecule has 2 aliphatic rings. The van der Waals surface area contributed by atoms with Gasteiger partial charge in [-0.05, 0) is 74.9 Å². The highest BCUT2D eigenvalue weighted by molar-refractivity contribution is 7.98. The first-order chi connectivity index (χ1) is 45.8. The summed E-state index contributed by atoms with van der Waals surface area (Å²) in [7, 11) is 0. The van der Waals surface area contributed by atoms with E-state index in [1.165, 1.54) is 18.7 Å². The largest absolute Gasteiger partial charge is 0.481 e. The molecule has 0 aromatic heterocycles. The molecule has 2 fully saturated rings. The number of rotatable bonds is 41. The van der Waals surface area contributed by atoms with Crippen molar-refractivity contribution >= 4 is 101 Å². The minimum absolute atomic E-state index is 0.0273. The molecule has 0 aliphatic carbocycles. The van der Waals surface area contributed by atoms with Crippen molar-refractivity contribution in [2.24, 2.45) is 17.6 Å². The van der Waals surface area contributed by atoms with Gasteiger partial charge in [0.2, 0.25) is 70.9 Å². The number of likely N-dealkylation sites (tertiary alicyclic amines) is 2. The Bertz CT molecular complexity index is 2930. The molecule has 0 unspecified atom stereocenters. The van der Waals surface area contributed by atoms with Crippen LogP contribution in [0.25, 0.3) is 0 Å². The maximum absolute atomic E-state index is 14.3. The van der Waals surface area contributed by atoms with Gasteiger partial charge >= 0.3 is 17.9 Å². The molecule has 15 atom stereocenters. The zero-order valence-corrected chi connectivity index (χ0v) is 55.5. The lowest BCUT2D eigenvalue weighted by atomic mass is 9.96. The number of carbonyl (C=O) groups is 15. The standard InChI is InChI=1S/C60H93N13O23S/c1-7-30(4)47(71-53(88)39(26-75)67-50(85)35(22-32-13-9-8-10-14-32)63-52(87)38(25-74)68-56(91)46(61)31(5)78)57(92)65-34(21-29(2)3)49(84)62-33(17-20-97-6)48(83)69-40(27-76)58(93)72-18-11-15-42(72)54(89)64-36(23-44(79)80)51(86)70-41(28-77)59(94)73-19-12-16-43(73)55(90)66-37(60(95)96)24-45(81)82/h8-10,13-14,29-31,33-43,46-47,74-78H,7,11-12,15-28,61H2,1-6H3,(H,62,84)(H,63,87)(H,64,89)(H,65,92)(H,66,90)(H,67,85)(H,68,91)(H,69,83)(H,70,86)(H,71,88)(H,79,80)(H,81,82)(H,95,96)/t30-,31+,33-,34-,35-,36-,37-,38-,39-,40-,41-,42-,43-,46-,47-/m0/s1. The van der Waals surface area contributed by atoms with Crippen LogP contribution in [-0.4, -0.2) is 276 Å². The maximum Gasteiger partial charge on any atom is 0.326 e. The second-order valence-corrected chi connectivity index (χ2v) is 24.9. The van der Waals surface area contributed by atoms with Gasteiger partial charge in [-0.15, -0.1) is 0 Å². The van der Waals surface area contributed by atoms with E-state index in [1.807, 2.05) is 0 Å². The number of nitrogens with one attached hydrogen (secondary N) is 10. The van der Waals surface area contributed by atoms with Crippen LogP contribution in [0.15, 0.2) is 30.3 Å². The van der Waals surface area contributed by atoms with Gasteiger partial charge in [-0.25, -0.2) is 4.79 Å². The van der Waals surface area contributed by atoms with Gasteiger partial charge in [0.05, 0.1) is 45.4 Å². The Morgan fingerprint density at radius 1 is 0.515 bits per heavy atom. The van der Waals surface area contributed by atoms with Gasteiger partial charge < -0.3 is 110 Å². The van der Waals surface area contributed by atoms with E-state index in [4.69, 9.17) is 10.8 Å². The first kappa shape index (κ1) is 82.6. The molecule has 542 valence electrons. The van der Waals surface area contributed by atoms with Gasteiger partial charge in [-0.2, -0.15) is 11.8 Å². The Kier molecular flexibility index (Phi) is 34.8. The van der Waals surface area contributed by atoms with E-state index in [1.54, 1.807) is 64.3 Å². The number of aliphatic hydroxyl groups excluding tert-OH is 5. The van der Waals surface area contributed by atoms with Crippen molar-refractivity contribution in [1.29, 1.82) is 0 Å². The Hall–Kier alpha value is -8.62. The van der Waals surface area contributed by atoms with Crippen molar-refractivity contribution < 1.29 is 113 Å². The fourth-order valence-electron chi connectivity index (χ4n) is 10.4. The normalized spacial score (nSPS) is 18.4. The average Bonchev–Trinajstić information content (AvgIpc) is 1.74. The molecule has 2 saturated heterocycles. The number of amides is 12. The minimum atomic E-state index is -1.97. The van der Waals surface area contributed by atoms with Crippen molar-refractivity contribution in [1.82, 2.24) is 63.0 Å². The summed E-state index contributed by atoms with van der Waals surface area (Å²) in [6.45, 7) is 3.49. The highest BCUT2D eigenvalue weighted by Crippen LogP contribution is 2.22. The average molecular weight is 1400 g/mol. The van der Waals surface area contributed by atoms with E-state index in [0.717, 1.165) is 9.80 Å². The number of nitrogens with two attached hydrogens (primary N) is 1. The van der Waals surface area contributed by atoms with Crippen LogP contribution in [0.1, 0.15) is 98.0 Å². The number of carboxylic acid groups (broad SMARTS) is 3. The van der Waals surface area contributed by atoms with Crippen molar-refractivity contribution in [3.05, 3.63) is 35.9 Å². The predicted molar refractivity (Wildman–Crippen MR) is 341 cm³/mol. The summed E-state index contributed by atoms with van der Waals surface area (Å²) in [6, 6.07) is -12.8. The molecule has 0 radical (unpaired) electrons. The van der Waals surface area contributed by atoms with Crippen LogP contribution in [-0.2, 0) is 78.3 Å². The van der Waals surface area contributed by atoms with Gasteiger partial charge in [0.1, 0.15) is 78.5 Å². The molecule has 1 aromatic carbocycles. The van der Waals surface area contributed by atoms with E-state index >= 15 is 0 Å². The highest BCUT2D eigenvalue weighted by Gasteiger charge is 2.43. The number of nitrogens with zero attached hydrogens (tertiary/aromatic N) is 2. The lowest BCUT2D eigenvalue weighted by Gasteiger charge is -2.31. The monoisotopic (exact) mass is 1400 g/mol. The fourth-order valence-corrected chi connectivity index (χ4v) is 10.9. The van der Waals surface area contributed by atoms with E-state index in [0.29, 0.717) is 5.56 Å². The Labute approximate surface area is 562 Å². The SMILES string of the molecule is CC[C@H](C)[C@H](NC(=O)[C@H](CO)NC(=O)[C@H](Cc1ccccc1)NC(=O)[C@H](CO)NC(=O)[C@@H](N)[C@@H](C)O)C(=O)N[C@@H](CC(C)C)C(=O)N[C@@H](CCSC)C(=O)N[C@@H](CO)C(=O)N1CCC[C@H]1C(=O)N[C@@H](CC(=O)O)C(=O)N[C@@H](CO)C(=O)N1CCC[C@H]1C(=O)N[C@@H](CC(=O)O)C(=O)O. The Balaban J connectivity index is 1.79. The summed E-state index contributed by atoms with van der Waals surface area (Å²) in [4.78, 5) is 202. The van der Waals surface area contributed by atoms with Crippen LogP contribution in [0.4, 0.5) is 0 Å². The van der Waals surface area contributed by atoms with E-state index in [2.05, 4.69) is 53.2 Å². The lowest BCUT2D eigenvalue weighted by molar-refractivity contribution is -0.148. The van der Waals surface area contributed by atoms with Crippen LogP contribution in [0.2, 0.25) is 0 Å². The number of carbonyl (C=O) groups excluding carboxylic acids is 12. The van der Waals surface area contributed by atoms with Crippen molar-refractivity contribution in [3.8, 4) is 0 Å². The van der Waals surface area contributed by atoms with Crippen molar-refractivity contribution in [2.75, 3.05) is 51.5 Å². The first-order valence-electron chi connectivity index (χ1n) is 31.5. The smallest absolute Gasteiger partial charge is 0.326 e. The predicted octanol–water partition coefficient (Wildman–Crippen LogP) is -7.38. The summed E-state index contributed by atoms with van der Waals surface area (Å²) in [5.74, 6) is -18.1. The molecule has 2 heterocycles. The van der Waals surface area contributed by atoms with Crippen LogP contribution in [0.3, 0.4) is 0 Å². The second-order valence-electron chi connectivity index (χ2n) is 23.9. The first-order valence-corrected chi connectivity index (χ1v) is 32.9. The topological polar surface area (TPSA) is 571 Å². The molecule has 12 amide bonds. The molecule has 0 spiro atoms. The molecule has 0 bridgehead atoms. The van der Waals surface area contributed by atoms with Gasteiger partial charge in [0.15, 0.2) is 0 Å². The van der Waals surface area contributed by atoms with Crippen LogP contribution < -0.4 is 58.9 Å². The van der Waals surface area contributed by atoms with E-state index in [9.17, 15) is 108 Å². The lowest BCUT2D eigenvalue weighted by Crippen LogP contribution is -2.62. The van der Waals surface area contributed by atoms with E-state index < -0.39 is 219 Å². The minimum Gasteiger partial charge on any atom is -0.481 e. The number of aliphatic carboxylic acids is 3. The number of hydrogen-bond donors (Lipinski definition) is 19. The summed E-state index contributed by atoms with van der Waals surface area (Å²) in [5.41, 5.74) is 6.19. The summed E-state index contributed by atoms with van der Waals surface area (Å²) in [6.07, 6.45) is -1.60. The third-order valence-electron chi connectivity index (χ3n) is 16.0. The molecule has 20 N–H and O–H groups in total. The molecule has 1 aromatic rings. The zero-order valence-electron chi connectivity index (χ0n) is 54.7. The zero-order chi connectivity index (χ0) is 73.0. The van der Waals surface area contributed by atoms with Crippen LogP contribution in [0, 0.1) is 11.8 Å². The molecule has 97 heavy (non-hydrogen) atoms. The molecular formula is C60H93N13O23S. The molecular weight excluding hydrogens is 1300 g/mol. The number of carboxylic acids is 3. The van der Waals surface area contributed by atoms with Crippen molar-refractivity contribution in [3.63, 3.8) is 0 Å². The number of hydrogen-bond acceptors (Lipinski definition) is 22. The Morgan fingerprint density at radius 2 is 0.918 bits per heavy atom. The third kappa shape index (κ3) is 25.7. The van der Waals surface area contributed by atoms with Gasteiger partial charge in [0, 0.05) is 19.5 Å². The molecule has 2 aliphatic heterocycles. The number of aliphatic hydroxyl groups is 5. The Morgan fingerprint density at radius 3 is 1.37 bits per heavy atom. The number of benzene rings is 1. The summed E-state index contributed by atoms with van der Waals surface area (Å²) in [5, 5.41) is 103. The molecule has 3 rings (SSSR count). The highest BCUT2D eigenvalue weighted by atomic mass is 32.2. The van der Waals surface area contributed by atoms with E-state index in [-0.39, 0.29) is 76.1 Å². The molecule has 0 saturated carbocycles. The maximum atomic E-state index is 14.3. The summed E-state index contributed by atoms with van der Waals surface area (Å²) < 4.78 is 0. The molecule has 36 nitrogen and oxygen atoms in total. The van der Waals surface area contributed by atoms with Crippen molar-refractivity contribution in [2.45, 2.75) is 183 Å². The van der Waals surface area contributed by atoms with Gasteiger partial charge in [-0.1, -0.05) is 64.4 Å². The van der Waals surface area contributed by atoms with Crippen LogP contribution >= 0.6 is 11.8 Å². The number of thioether (sulfide) groups is 1. The van der Waals surface area contributed by atoms with Gasteiger partial charge in [0.25, 0.3) is 0 Å². The second kappa shape index (κ2) is 40.8. The van der Waals surface area contributed by atoms with Crippen LogP contribution in [0.5, 0.6) is 0 Å². The molecule has 37 heteroatoms.